The zero-order valence-electron chi connectivity index (χ0n) is 15.6. The summed E-state index contributed by atoms with van der Waals surface area (Å²) in [6.45, 7) is 10.9. The van der Waals surface area contributed by atoms with Crippen molar-refractivity contribution in [1.82, 2.24) is 20.0 Å². The van der Waals surface area contributed by atoms with E-state index in [0.29, 0.717) is 12.0 Å². The standard InChI is InChI=1S/C18H36N4O/c1-15-5-11-22(12-6-15)16(2)13-19-18(23)21(4)14-17-7-9-20(3)10-8-17/h15-17H,5-14H2,1-4H3,(H,19,23). The van der Waals surface area contributed by atoms with Gasteiger partial charge in [0, 0.05) is 26.2 Å². The number of urea groups is 1. The highest BCUT2D eigenvalue weighted by Gasteiger charge is 2.22. The van der Waals surface area contributed by atoms with Crippen molar-refractivity contribution in [2.24, 2.45) is 11.8 Å². The van der Waals surface area contributed by atoms with E-state index in [2.05, 4.69) is 36.0 Å². The van der Waals surface area contributed by atoms with Gasteiger partial charge in [-0.2, -0.15) is 0 Å². The van der Waals surface area contributed by atoms with E-state index >= 15 is 0 Å². The van der Waals surface area contributed by atoms with E-state index in [1.807, 2.05) is 11.9 Å². The van der Waals surface area contributed by atoms with Crippen LogP contribution in [0.1, 0.15) is 39.5 Å². The maximum absolute atomic E-state index is 12.3. The Kier molecular flexibility index (Phi) is 7.15. The zero-order chi connectivity index (χ0) is 16.8. The van der Waals surface area contributed by atoms with Gasteiger partial charge in [0.15, 0.2) is 0 Å². The summed E-state index contributed by atoms with van der Waals surface area (Å²) in [5.74, 6) is 1.51. The van der Waals surface area contributed by atoms with Crippen LogP contribution < -0.4 is 5.32 Å². The molecule has 23 heavy (non-hydrogen) atoms. The van der Waals surface area contributed by atoms with E-state index in [1.165, 1.54) is 38.8 Å². The summed E-state index contributed by atoms with van der Waals surface area (Å²) in [6, 6.07) is 0.518. The molecular formula is C18H36N4O. The SMILES string of the molecule is CC1CCN(C(C)CNC(=O)N(C)CC2CCN(C)CC2)CC1. The molecule has 2 aliphatic heterocycles. The van der Waals surface area contributed by atoms with Crippen LogP contribution in [0.2, 0.25) is 0 Å². The molecule has 1 unspecified atom stereocenters. The number of hydrogen-bond donors (Lipinski definition) is 1. The number of amides is 2. The molecule has 5 nitrogen and oxygen atoms in total. The summed E-state index contributed by atoms with van der Waals surface area (Å²) in [5, 5.41) is 3.12. The summed E-state index contributed by atoms with van der Waals surface area (Å²) in [4.78, 5) is 19.1. The van der Waals surface area contributed by atoms with Gasteiger partial charge in [-0.25, -0.2) is 4.79 Å². The minimum Gasteiger partial charge on any atom is -0.336 e. The summed E-state index contributed by atoms with van der Waals surface area (Å²) in [6.07, 6.45) is 4.98. The maximum atomic E-state index is 12.3. The van der Waals surface area contributed by atoms with Crippen LogP contribution in [-0.4, -0.2) is 80.1 Å². The van der Waals surface area contributed by atoms with Crippen molar-refractivity contribution >= 4 is 6.03 Å². The third-order valence-electron chi connectivity index (χ3n) is 5.71. The van der Waals surface area contributed by atoms with Crippen molar-refractivity contribution in [3.8, 4) is 0 Å². The van der Waals surface area contributed by atoms with Crippen LogP contribution >= 0.6 is 0 Å². The van der Waals surface area contributed by atoms with Gasteiger partial charge in [0.25, 0.3) is 0 Å². The van der Waals surface area contributed by atoms with Gasteiger partial charge in [0.2, 0.25) is 0 Å². The minimum atomic E-state index is 0.0844. The number of nitrogens with zero attached hydrogens (tertiary/aromatic N) is 3. The van der Waals surface area contributed by atoms with Gasteiger partial charge in [0.1, 0.15) is 0 Å². The second-order valence-corrected chi connectivity index (χ2v) is 7.88. The number of nitrogens with one attached hydrogen (secondary N) is 1. The number of likely N-dealkylation sites (tertiary alicyclic amines) is 2. The largest absolute Gasteiger partial charge is 0.336 e. The van der Waals surface area contributed by atoms with Crippen molar-refractivity contribution < 1.29 is 4.79 Å². The molecule has 2 saturated heterocycles. The Morgan fingerprint density at radius 3 is 2.39 bits per heavy atom. The third-order valence-corrected chi connectivity index (χ3v) is 5.71. The predicted molar refractivity (Wildman–Crippen MR) is 95.7 cm³/mol. The molecule has 1 N–H and O–H groups in total. The molecule has 0 spiro atoms. The Morgan fingerprint density at radius 2 is 1.78 bits per heavy atom. The van der Waals surface area contributed by atoms with E-state index in [1.54, 1.807) is 0 Å². The fraction of sp³-hybridized carbons (Fsp3) is 0.944. The first-order valence-electron chi connectivity index (χ1n) is 9.37. The third kappa shape index (κ3) is 5.96. The molecule has 0 aliphatic carbocycles. The fourth-order valence-corrected chi connectivity index (χ4v) is 3.68. The molecule has 2 amide bonds. The van der Waals surface area contributed by atoms with Gasteiger partial charge in [-0.05, 0) is 77.7 Å². The molecule has 2 heterocycles. The molecule has 5 heteroatoms. The van der Waals surface area contributed by atoms with E-state index in [4.69, 9.17) is 0 Å². The molecule has 0 bridgehead atoms. The fourth-order valence-electron chi connectivity index (χ4n) is 3.68. The van der Waals surface area contributed by atoms with E-state index < -0.39 is 0 Å². The smallest absolute Gasteiger partial charge is 0.317 e. The van der Waals surface area contributed by atoms with Crippen LogP contribution in [0.4, 0.5) is 4.79 Å². The molecular weight excluding hydrogens is 288 g/mol. The first kappa shape index (κ1) is 18.5. The molecule has 0 radical (unpaired) electrons. The second-order valence-electron chi connectivity index (χ2n) is 7.88. The molecule has 0 aromatic rings. The van der Waals surface area contributed by atoms with Crippen LogP contribution in [0, 0.1) is 11.8 Å². The number of carbonyl (C=O) groups is 1. The first-order valence-corrected chi connectivity index (χ1v) is 9.37. The number of rotatable bonds is 5. The Morgan fingerprint density at radius 1 is 1.17 bits per heavy atom. The quantitative estimate of drug-likeness (QED) is 0.842. The van der Waals surface area contributed by atoms with Crippen LogP contribution in [-0.2, 0) is 0 Å². The Labute approximate surface area is 142 Å². The normalized spacial score (nSPS) is 23.7. The molecule has 0 saturated carbocycles. The topological polar surface area (TPSA) is 38.8 Å². The molecule has 1 atom stereocenters. The number of carbonyl (C=O) groups excluding carboxylic acids is 1. The van der Waals surface area contributed by atoms with Gasteiger partial charge in [0.05, 0.1) is 0 Å². The van der Waals surface area contributed by atoms with Gasteiger partial charge in [-0.15, -0.1) is 0 Å². The average molecular weight is 325 g/mol. The number of hydrogen-bond acceptors (Lipinski definition) is 3. The van der Waals surface area contributed by atoms with Gasteiger partial charge >= 0.3 is 6.03 Å². The molecule has 0 aromatic carbocycles. The Bertz CT molecular complexity index is 360. The lowest BCUT2D eigenvalue weighted by Crippen LogP contribution is -2.48. The average Bonchev–Trinajstić information content (AvgIpc) is 2.55. The lowest BCUT2D eigenvalue weighted by Gasteiger charge is -2.35. The maximum Gasteiger partial charge on any atom is 0.317 e. The zero-order valence-corrected chi connectivity index (χ0v) is 15.6. The van der Waals surface area contributed by atoms with E-state index in [0.717, 1.165) is 32.1 Å². The minimum absolute atomic E-state index is 0.0844. The monoisotopic (exact) mass is 324 g/mol. The van der Waals surface area contributed by atoms with Gasteiger partial charge < -0.3 is 15.1 Å². The van der Waals surface area contributed by atoms with Crippen molar-refractivity contribution in [2.45, 2.75) is 45.6 Å². The van der Waals surface area contributed by atoms with Crippen molar-refractivity contribution in [3.63, 3.8) is 0 Å². The van der Waals surface area contributed by atoms with Gasteiger partial charge in [-0.3, -0.25) is 4.90 Å². The van der Waals surface area contributed by atoms with Crippen LogP contribution in [0.3, 0.4) is 0 Å². The first-order chi connectivity index (χ1) is 11.0. The lowest BCUT2D eigenvalue weighted by atomic mass is 9.97. The van der Waals surface area contributed by atoms with Crippen LogP contribution in [0.5, 0.6) is 0 Å². The summed E-state index contributed by atoms with van der Waals surface area (Å²) >= 11 is 0. The van der Waals surface area contributed by atoms with Gasteiger partial charge in [-0.1, -0.05) is 6.92 Å². The highest BCUT2D eigenvalue weighted by molar-refractivity contribution is 5.73. The number of piperidine rings is 2. The highest BCUT2D eigenvalue weighted by atomic mass is 16.2. The summed E-state index contributed by atoms with van der Waals surface area (Å²) < 4.78 is 0. The predicted octanol–water partition coefficient (Wildman–Crippen LogP) is 2.09. The molecule has 134 valence electrons. The highest BCUT2D eigenvalue weighted by Crippen LogP contribution is 2.18. The molecule has 0 aromatic heterocycles. The van der Waals surface area contributed by atoms with Crippen molar-refractivity contribution in [3.05, 3.63) is 0 Å². The summed E-state index contributed by atoms with van der Waals surface area (Å²) in [7, 11) is 4.11. The van der Waals surface area contributed by atoms with Crippen molar-refractivity contribution in [2.75, 3.05) is 53.4 Å². The van der Waals surface area contributed by atoms with Crippen LogP contribution in [0.15, 0.2) is 0 Å². The molecule has 2 rings (SSSR count). The molecule has 2 aliphatic rings. The summed E-state index contributed by atoms with van der Waals surface area (Å²) in [5.41, 5.74) is 0. The Hall–Kier alpha value is -0.810. The van der Waals surface area contributed by atoms with Crippen molar-refractivity contribution in [1.29, 1.82) is 0 Å². The second kappa shape index (κ2) is 8.88. The van der Waals surface area contributed by atoms with E-state index in [9.17, 15) is 4.79 Å². The molecule has 2 fully saturated rings. The Balaban J connectivity index is 1.65. The van der Waals surface area contributed by atoms with Crippen LogP contribution in [0.25, 0.3) is 0 Å². The lowest BCUT2D eigenvalue weighted by molar-refractivity contribution is 0.140. The van der Waals surface area contributed by atoms with E-state index in [-0.39, 0.29) is 6.03 Å².